The highest BCUT2D eigenvalue weighted by molar-refractivity contribution is 6.30. The lowest BCUT2D eigenvalue weighted by atomic mass is 9.95. The van der Waals surface area contributed by atoms with E-state index in [-0.39, 0.29) is 23.5 Å². The van der Waals surface area contributed by atoms with Gasteiger partial charge in [-0.1, -0.05) is 6.58 Å². The fourth-order valence-corrected chi connectivity index (χ4v) is 0.320. The molecule has 0 saturated heterocycles. The van der Waals surface area contributed by atoms with Crippen LogP contribution in [0.25, 0.3) is 0 Å². The Hall–Kier alpha value is -0.855. The summed E-state index contributed by atoms with van der Waals surface area (Å²) in [5.41, 5.74) is -0.0162. The minimum Gasteiger partial charge on any atom is -0.295 e. The lowest BCUT2D eigenvalue weighted by Crippen LogP contribution is -2.07. The second-order valence-corrected chi connectivity index (χ2v) is 1.66. The van der Waals surface area contributed by atoms with Crippen LogP contribution < -0.4 is 0 Å². The van der Waals surface area contributed by atoms with Crippen molar-refractivity contribution < 1.29 is 9.59 Å². The molecule has 0 aromatic rings. The van der Waals surface area contributed by atoms with Gasteiger partial charge in [-0.2, -0.15) is 0 Å². The Bertz CT molecular complexity index is 160. The van der Waals surface area contributed by atoms with E-state index in [1.165, 1.54) is 6.92 Å². The van der Waals surface area contributed by atoms with Crippen LogP contribution in [0.2, 0.25) is 6.32 Å². The van der Waals surface area contributed by atoms with Crippen molar-refractivity contribution in [2.45, 2.75) is 13.2 Å². The van der Waals surface area contributed by atoms with E-state index >= 15 is 0 Å². The van der Waals surface area contributed by atoms with E-state index in [1.54, 1.807) is 0 Å². The molecule has 46 valence electrons. The first kappa shape index (κ1) is 8.14. The molecule has 0 saturated carbocycles. The third-order valence-corrected chi connectivity index (χ3v) is 0.947. The van der Waals surface area contributed by atoms with Gasteiger partial charge in [-0.3, -0.25) is 9.59 Å². The van der Waals surface area contributed by atoms with Gasteiger partial charge in [0.1, 0.15) is 0 Å². The van der Waals surface area contributed by atoms with Crippen molar-refractivity contribution in [1.82, 2.24) is 0 Å². The van der Waals surface area contributed by atoms with Gasteiger partial charge in [-0.25, -0.2) is 0 Å². The Morgan fingerprint density at radius 3 is 2.11 bits per heavy atom. The average Bonchev–Trinajstić information content (AvgIpc) is 1.84. The molecule has 2 radical (unpaired) electrons. The fourth-order valence-electron chi connectivity index (χ4n) is 0.320. The zero-order chi connectivity index (χ0) is 7.44. The Morgan fingerprint density at radius 1 is 1.56 bits per heavy atom. The van der Waals surface area contributed by atoms with E-state index in [0.29, 0.717) is 0 Å². The maximum atomic E-state index is 10.5. The van der Waals surface area contributed by atoms with Gasteiger partial charge in [0.25, 0.3) is 0 Å². The van der Waals surface area contributed by atoms with Gasteiger partial charge in [0.2, 0.25) is 0 Å². The van der Waals surface area contributed by atoms with Crippen LogP contribution in [0.1, 0.15) is 6.92 Å². The quantitative estimate of drug-likeness (QED) is 0.233. The van der Waals surface area contributed by atoms with Crippen molar-refractivity contribution in [3.8, 4) is 0 Å². The molecule has 0 atom stereocenters. The minimum atomic E-state index is -0.387. The van der Waals surface area contributed by atoms with Gasteiger partial charge >= 0.3 is 0 Å². The number of rotatable bonds is 3. The van der Waals surface area contributed by atoms with Gasteiger partial charge in [0, 0.05) is 0 Å². The summed E-state index contributed by atoms with van der Waals surface area (Å²) in [5, 5.41) is 0. The largest absolute Gasteiger partial charge is 0.295 e. The predicted octanol–water partition coefficient (Wildman–Crippen LogP) is 0.288. The molecule has 3 heteroatoms. The summed E-state index contributed by atoms with van der Waals surface area (Å²) in [7, 11) is 4.95. The predicted molar refractivity (Wildman–Crippen MR) is 35.4 cm³/mol. The standard InChI is InChI=1S/C6H7BO2/c1-4(5(2)8)6(9)3-7/h1,3H2,2H3. The third-order valence-electron chi connectivity index (χ3n) is 0.947. The topological polar surface area (TPSA) is 34.1 Å². The lowest BCUT2D eigenvalue weighted by Gasteiger charge is -1.93. The highest BCUT2D eigenvalue weighted by Gasteiger charge is 2.06. The first-order chi connectivity index (χ1) is 4.09. The smallest absolute Gasteiger partial charge is 0.162 e. The van der Waals surface area contributed by atoms with Crippen LogP contribution in [-0.4, -0.2) is 19.4 Å². The normalized spacial score (nSPS) is 8.56. The highest BCUT2D eigenvalue weighted by atomic mass is 16.1. The van der Waals surface area contributed by atoms with Crippen molar-refractivity contribution in [1.29, 1.82) is 0 Å². The molecule has 0 aliphatic heterocycles. The maximum absolute atomic E-state index is 10.5. The first-order valence-electron chi connectivity index (χ1n) is 2.52. The molecule has 0 fully saturated rings. The average molecular weight is 122 g/mol. The van der Waals surface area contributed by atoms with Gasteiger partial charge in [-0.05, 0) is 13.2 Å². The maximum Gasteiger partial charge on any atom is 0.162 e. The molecule has 2 nitrogen and oxygen atoms in total. The van der Waals surface area contributed by atoms with Gasteiger partial charge in [0.15, 0.2) is 11.6 Å². The zero-order valence-corrected chi connectivity index (χ0v) is 5.31. The summed E-state index contributed by atoms with van der Waals surface area (Å²) in [6.07, 6.45) is -0.140. The van der Waals surface area contributed by atoms with Crippen LogP contribution in [0.5, 0.6) is 0 Å². The summed E-state index contributed by atoms with van der Waals surface area (Å²) < 4.78 is 0. The van der Waals surface area contributed by atoms with Crippen molar-refractivity contribution in [3.05, 3.63) is 12.2 Å². The molecule has 0 aliphatic rings. The Balaban J connectivity index is 4.05. The Morgan fingerprint density at radius 2 is 2.00 bits per heavy atom. The monoisotopic (exact) mass is 122 g/mol. The summed E-state index contributed by atoms with van der Waals surface area (Å²) in [5.74, 6) is -0.701. The second-order valence-electron chi connectivity index (χ2n) is 1.66. The SMILES string of the molecule is [B]CC(=O)C(=C)C(C)=O. The van der Waals surface area contributed by atoms with Crippen molar-refractivity contribution in [2.24, 2.45) is 0 Å². The molecular formula is C6H7BO2. The third kappa shape index (κ3) is 2.26. The molecule has 0 aromatic carbocycles. The molecule has 0 aliphatic carbocycles. The Kier molecular flexibility index (Phi) is 2.92. The molecule has 0 bridgehead atoms. The van der Waals surface area contributed by atoms with Crippen LogP contribution >= 0.6 is 0 Å². The fraction of sp³-hybridized carbons (Fsp3) is 0.333. The number of Topliss-reactive ketones (excluding diaryl/α,β-unsaturated/α-hetero) is 2. The van der Waals surface area contributed by atoms with Gasteiger partial charge in [0.05, 0.1) is 13.4 Å². The van der Waals surface area contributed by atoms with E-state index in [0.717, 1.165) is 0 Å². The van der Waals surface area contributed by atoms with Crippen molar-refractivity contribution in [3.63, 3.8) is 0 Å². The molecule has 0 spiro atoms. The van der Waals surface area contributed by atoms with Crippen molar-refractivity contribution in [2.75, 3.05) is 0 Å². The first-order valence-corrected chi connectivity index (χ1v) is 2.52. The molecule has 0 aromatic heterocycles. The number of ketones is 2. The van der Waals surface area contributed by atoms with E-state index in [2.05, 4.69) is 6.58 Å². The number of carbonyl (C=O) groups excluding carboxylic acids is 2. The summed E-state index contributed by atoms with van der Waals surface area (Å²) in [6, 6.07) is 0. The summed E-state index contributed by atoms with van der Waals surface area (Å²) in [4.78, 5) is 20.9. The number of carbonyl (C=O) groups is 2. The zero-order valence-electron chi connectivity index (χ0n) is 5.31. The van der Waals surface area contributed by atoms with E-state index in [1.807, 2.05) is 0 Å². The molecule has 0 rings (SSSR count). The van der Waals surface area contributed by atoms with Crippen LogP contribution in [0.4, 0.5) is 0 Å². The van der Waals surface area contributed by atoms with Crippen LogP contribution in [0.3, 0.4) is 0 Å². The van der Waals surface area contributed by atoms with E-state index in [9.17, 15) is 9.59 Å². The molecular weight excluding hydrogens is 115 g/mol. The van der Waals surface area contributed by atoms with Crippen LogP contribution in [0, 0.1) is 0 Å². The van der Waals surface area contributed by atoms with E-state index in [4.69, 9.17) is 7.85 Å². The number of allylic oxidation sites excluding steroid dienone is 1. The molecule has 0 amide bonds. The molecule has 0 unspecified atom stereocenters. The molecule has 0 heterocycles. The molecule has 0 N–H and O–H groups in total. The minimum absolute atomic E-state index is 0.0162. The van der Waals surface area contributed by atoms with Gasteiger partial charge < -0.3 is 0 Å². The van der Waals surface area contributed by atoms with E-state index < -0.39 is 0 Å². The van der Waals surface area contributed by atoms with Crippen molar-refractivity contribution >= 4 is 19.4 Å². The lowest BCUT2D eigenvalue weighted by molar-refractivity contribution is -0.119. The number of hydrogen-bond acceptors (Lipinski definition) is 2. The number of hydrogen-bond donors (Lipinski definition) is 0. The summed E-state index contributed by atoms with van der Waals surface area (Å²) >= 11 is 0. The summed E-state index contributed by atoms with van der Waals surface area (Å²) in [6.45, 7) is 4.53. The van der Waals surface area contributed by atoms with Crippen LogP contribution in [0.15, 0.2) is 12.2 Å². The Labute approximate surface area is 55.3 Å². The van der Waals surface area contributed by atoms with Gasteiger partial charge in [-0.15, -0.1) is 0 Å². The second kappa shape index (κ2) is 3.23. The van der Waals surface area contributed by atoms with Crippen LogP contribution in [-0.2, 0) is 9.59 Å². The highest BCUT2D eigenvalue weighted by Crippen LogP contribution is 1.95. The molecule has 9 heavy (non-hydrogen) atoms.